The first-order valence-corrected chi connectivity index (χ1v) is 7.97. The minimum Gasteiger partial charge on any atom is -0.508 e. The van der Waals surface area contributed by atoms with Crippen molar-refractivity contribution in [3.8, 4) is 5.75 Å². The molecule has 1 aromatic rings. The number of rotatable bonds is 7. The highest BCUT2D eigenvalue weighted by Gasteiger charge is 2.29. The highest BCUT2D eigenvalue weighted by Crippen LogP contribution is 2.36. The van der Waals surface area contributed by atoms with Gasteiger partial charge in [-0.05, 0) is 36.6 Å². The van der Waals surface area contributed by atoms with Crippen LogP contribution >= 0.6 is 15.9 Å². The molecule has 0 radical (unpaired) electrons. The van der Waals surface area contributed by atoms with Crippen LogP contribution < -0.4 is 0 Å². The standard InChI is InChI=1S/C16H20BrNO/c17-12-4-2-1-3-10-16(11-5-13-18-16)14-6-8-15(19)9-7-14/h5-9,11,13,19H,1-4,10,12H2. The van der Waals surface area contributed by atoms with Crippen LogP contribution in [0.3, 0.4) is 0 Å². The quantitative estimate of drug-likeness (QED) is 0.579. The molecule has 3 heteroatoms. The first-order valence-electron chi connectivity index (χ1n) is 6.85. The molecule has 2 rings (SSSR count). The minimum atomic E-state index is -0.206. The van der Waals surface area contributed by atoms with Crippen molar-refractivity contribution >= 4 is 22.1 Å². The molecule has 0 spiro atoms. The van der Waals surface area contributed by atoms with Gasteiger partial charge in [-0.25, -0.2) is 0 Å². The van der Waals surface area contributed by atoms with Crippen molar-refractivity contribution < 1.29 is 5.11 Å². The molecule has 1 unspecified atom stereocenters. The van der Waals surface area contributed by atoms with Crippen molar-refractivity contribution in [1.82, 2.24) is 0 Å². The summed E-state index contributed by atoms with van der Waals surface area (Å²) in [6.45, 7) is 0. The monoisotopic (exact) mass is 321 g/mol. The fraction of sp³-hybridized carbons (Fsp3) is 0.438. The van der Waals surface area contributed by atoms with E-state index in [2.05, 4.69) is 27.0 Å². The number of nitrogens with zero attached hydrogens (tertiary/aromatic N) is 1. The van der Waals surface area contributed by atoms with E-state index in [1.165, 1.54) is 25.7 Å². The molecule has 0 aliphatic carbocycles. The van der Waals surface area contributed by atoms with E-state index < -0.39 is 0 Å². The lowest BCUT2D eigenvalue weighted by atomic mass is 9.86. The molecule has 102 valence electrons. The van der Waals surface area contributed by atoms with Crippen LogP contribution in [-0.4, -0.2) is 16.7 Å². The zero-order valence-electron chi connectivity index (χ0n) is 11.1. The maximum absolute atomic E-state index is 9.40. The second kappa shape index (κ2) is 6.90. The van der Waals surface area contributed by atoms with Crippen molar-refractivity contribution in [3.63, 3.8) is 0 Å². The zero-order chi connectivity index (χ0) is 13.6. The number of phenolic OH excluding ortho intramolecular Hbond substituents is 1. The van der Waals surface area contributed by atoms with Crippen LogP contribution in [0.2, 0.25) is 0 Å². The smallest absolute Gasteiger partial charge is 0.115 e. The van der Waals surface area contributed by atoms with E-state index >= 15 is 0 Å². The Morgan fingerprint density at radius 2 is 1.79 bits per heavy atom. The van der Waals surface area contributed by atoms with Crippen LogP contribution in [0, 0.1) is 0 Å². The maximum atomic E-state index is 9.40. The van der Waals surface area contributed by atoms with Gasteiger partial charge >= 0.3 is 0 Å². The number of aromatic hydroxyl groups is 1. The Kier molecular flexibility index (Phi) is 5.20. The normalized spacial score (nSPS) is 21.1. The summed E-state index contributed by atoms with van der Waals surface area (Å²) in [5.74, 6) is 0.308. The Labute approximate surface area is 123 Å². The summed E-state index contributed by atoms with van der Waals surface area (Å²) in [4.78, 5) is 4.66. The van der Waals surface area contributed by atoms with Gasteiger partial charge in [0.25, 0.3) is 0 Å². The van der Waals surface area contributed by atoms with Gasteiger partial charge in [0.2, 0.25) is 0 Å². The number of unbranched alkanes of at least 4 members (excludes halogenated alkanes) is 3. The minimum absolute atomic E-state index is 0.206. The predicted octanol–water partition coefficient (Wildman–Crippen LogP) is 4.57. The summed E-state index contributed by atoms with van der Waals surface area (Å²) in [7, 11) is 0. The number of hydrogen-bond acceptors (Lipinski definition) is 2. The predicted molar refractivity (Wildman–Crippen MR) is 84.3 cm³/mol. The second-order valence-corrected chi connectivity index (χ2v) is 5.75. The Morgan fingerprint density at radius 1 is 1.05 bits per heavy atom. The van der Waals surface area contributed by atoms with E-state index in [0.29, 0.717) is 5.75 Å². The lowest BCUT2D eigenvalue weighted by molar-refractivity contribution is 0.468. The third-order valence-electron chi connectivity index (χ3n) is 3.57. The van der Waals surface area contributed by atoms with Crippen molar-refractivity contribution in [1.29, 1.82) is 0 Å². The molecule has 0 amide bonds. The number of alkyl halides is 1. The van der Waals surface area contributed by atoms with Gasteiger partial charge < -0.3 is 5.11 Å². The highest BCUT2D eigenvalue weighted by atomic mass is 79.9. The molecule has 1 aliphatic rings. The fourth-order valence-corrected chi connectivity index (χ4v) is 2.87. The van der Waals surface area contributed by atoms with Gasteiger partial charge in [0.15, 0.2) is 0 Å². The van der Waals surface area contributed by atoms with Gasteiger partial charge in [0.05, 0.1) is 0 Å². The molecule has 1 N–H and O–H groups in total. The molecule has 19 heavy (non-hydrogen) atoms. The molecule has 1 atom stereocenters. The Balaban J connectivity index is 2.00. The number of aliphatic imine (C=N–C) groups is 1. The van der Waals surface area contributed by atoms with Crippen molar-refractivity contribution in [2.45, 2.75) is 37.6 Å². The molecule has 2 nitrogen and oxygen atoms in total. The van der Waals surface area contributed by atoms with E-state index in [1.807, 2.05) is 24.4 Å². The Bertz CT molecular complexity index is 438. The van der Waals surface area contributed by atoms with Gasteiger partial charge in [-0.1, -0.05) is 53.4 Å². The summed E-state index contributed by atoms with van der Waals surface area (Å²) in [6, 6.07) is 7.43. The van der Waals surface area contributed by atoms with E-state index in [0.717, 1.165) is 17.3 Å². The molecule has 0 bridgehead atoms. The summed E-state index contributed by atoms with van der Waals surface area (Å²) in [5.41, 5.74) is 0.957. The Morgan fingerprint density at radius 3 is 2.42 bits per heavy atom. The average molecular weight is 322 g/mol. The molecule has 0 saturated heterocycles. The topological polar surface area (TPSA) is 32.6 Å². The first kappa shape index (κ1) is 14.3. The number of benzene rings is 1. The summed E-state index contributed by atoms with van der Waals surface area (Å²) in [5, 5.41) is 10.5. The number of halogens is 1. The highest BCUT2D eigenvalue weighted by molar-refractivity contribution is 9.09. The average Bonchev–Trinajstić information content (AvgIpc) is 2.89. The van der Waals surface area contributed by atoms with E-state index in [4.69, 9.17) is 0 Å². The number of allylic oxidation sites excluding steroid dienone is 1. The van der Waals surface area contributed by atoms with Crippen molar-refractivity contribution in [2.24, 2.45) is 4.99 Å². The van der Waals surface area contributed by atoms with Gasteiger partial charge in [0, 0.05) is 11.5 Å². The van der Waals surface area contributed by atoms with Gasteiger partial charge in [-0.15, -0.1) is 0 Å². The summed E-state index contributed by atoms with van der Waals surface area (Å²) < 4.78 is 0. The lowest BCUT2D eigenvalue weighted by Gasteiger charge is -2.25. The van der Waals surface area contributed by atoms with Crippen molar-refractivity contribution in [2.75, 3.05) is 5.33 Å². The zero-order valence-corrected chi connectivity index (χ0v) is 12.6. The van der Waals surface area contributed by atoms with E-state index in [9.17, 15) is 5.11 Å². The van der Waals surface area contributed by atoms with Crippen LogP contribution in [0.15, 0.2) is 41.4 Å². The molecule has 1 aromatic carbocycles. The Hall–Kier alpha value is -1.09. The molecule has 0 aromatic heterocycles. The van der Waals surface area contributed by atoms with Crippen molar-refractivity contribution in [3.05, 3.63) is 42.0 Å². The molecule has 0 fully saturated rings. The first-order chi connectivity index (χ1) is 9.27. The lowest BCUT2D eigenvalue weighted by Crippen LogP contribution is -2.18. The van der Waals surface area contributed by atoms with Crippen LogP contribution in [0.25, 0.3) is 0 Å². The SMILES string of the molecule is Oc1ccc(C2(CCCCCCBr)C=CC=N2)cc1. The second-order valence-electron chi connectivity index (χ2n) is 4.96. The molecular formula is C16H20BrNO. The van der Waals surface area contributed by atoms with Crippen LogP contribution in [-0.2, 0) is 5.54 Å². The molecule has 0 saturated carbocycles. The van der Waals surface area contributed by atoms with E-state index in [1.54, 1.807) is 12.1 Å². The number of phenols is 1. The summed E-state index contributed by atoms with van der Waals surface area (Å²) >= 11 is 3.46. The molecule has 1 heterocycles. The van der Waals surface area contributed by atoms with Crippen LogP contribution in [0.5, 0.6) is 5.75 Å². The van der Waals surface area contributed by atoms with Gasteiger partial charge in [-0.2, -0.15) is 0 Å². The van der Waals surface area contributed by atoms with Gasteiger partial charge in [-0.3, -0.25) is 4.99 Å². The van der Waals surface area contributed by atoms with Crippen LogP contribution in [0.1, 0.15) is 37.7 Å². The van der Waals surface area contributed by atoms with E-state index in [-0.39, 0.29) is 5.54 Å². The summed E-state index contributed by atoms with van der Waals surface area (Å²) in [6.07, 6.45) is 12.0. The molecule has 1 aliphatic heterocycles. The van der Waals surface area contributed by atoms with Gasteiger partial charge in [0.1, 0.15) is 11.3 Å². The maximum Gasteiger partial charge on any atom is 0.115 e. The largest absolute Gasteiger partial charge is 0.508 e. The third-order valence-corrected chi connectivity index (χ3v) is 4.13. The third kappa shape index (κ3) is 3.69. The number of hydrogen-bond donors (Lipinski definition) is 1. The van der Waals surface area contributed by atoms with Crippen LogP contribution in [0.4, 0.5) is 0 Å². The fourth-order valence-electron chi connectivity index (χ4n) is 2.48. The molecular weight excluding hydrogens is 302 g/mol.